The number of amides is 2. The van der Waals surface area contributed by atoms with Crippen LogP contribution in [0.5, 0.6) is 0 Å². The van der Waals surface area contributed by atoms with Gasteiger partial charge in [-0.05, 0) is 12.5 Å². The summed E-state index contributed by atoms with van der Waals surface area (Å²) in [6.45, 7) is 3.05. The van der Waals surface area contributed by atoms with Crippen molar-refractivity contribution < 1.29 is 9.59 Å². The molecule has 1 saturated heterocycles. The van der Waals surface area contributed by atoms with Gasteiger partial charge in [0.25, 0.3) is 5.56 Å². The fourth-order valence-electron chi connectivity index (χ4n) is 4.38. The number of nitrogens with two attached hydrogens (primary N) is 1. The zero-order chi connectivity index (χ0) is 19.8. The third-order valence-electron chi connectivity index (χ3n) is 5.61. The summed E-state index contributed by atoms with van der Waals surface area (Å²) >= 11 is 1.37. The van der Waals surface area contributed by atoms with Gasteiger partial charge >= 0.3 is 0 Å². The van der Waals surface area contributed by atoms with Crippen LogP contribution in [-0.4, -0.2) is 45.9 Å². The van der Waals surface area contributed by atoms with E-state index in [1.165, 1.54) is 17.4 Å². The zero-order valence-corrected chi connectivity index (χ0v) is 16.4. The molecule has 2 amide bonds. The van der Waals surface area contributed by atoms with Crippen LogP contribution in [0, 0.1) is 5.92 Å². The minimum absolute atomic E-state index is 0.00158. The molecule has 2 bridgehead atoms. The second kappa shape index (κ2) is 7.38. The van der Waals surface area contributed by atoms with E-state index >= 15 is 0 Å². The Morgan fingerprint density at radius 3 is 2.89 bits per heavy atom. The number of nitrogens with one attached hydrogen (secondary N) is 1. The highest BCUT2D eigenvalue weighted by molar-refractivity contribution is 7.13. The molecule has 0 radical (unpaired) electrons. The standard InChI is InChI=1S/C19H23N5O3S/c1-11(25)23-8-12-7-13(9-23)17(24-15(12)3-2-4-16(24)26)18(27)21-6-5-14-10-28-19(20)22-14/h2-4,10,12-13,17H,5-9H2,1H3,(H2,20,22)(H,21,27)/t12-,13+,17-/m1/s1. The molecular weight excluding hydrogens is 378 g/mol. The van der Waals surface area contributed by atoms with Crippen LogP contribution in [0.15, 0.2) is 28.4 Å². The molecule has 0 aliphatic carbocycles. The number of piperidine rings is 1. The Balaban J connectivity index is 1.57. The van der Waals surface area contributed by atoms with E-state index in [2.05, 4.69) is 10.3 Å². The van der Waals surface area contributed by atoms with Crippen LogP contribution in [0.3, 0.4) is 0 Å². The molecule has 0 aromatic carbocycles. The fraction of sp³-hybridized carbons (Fsp3) is 0.474. The number of nitrogen functional groups attached to an aromatic ring is 1. The lowest BCUT2D eigenvalue weighted by molar-refractivity contribution is -0.135. The smallest absolute Gasteiger partial charge is 0.251 e. The molecule has 3 atom stereocenters. The predicted octanol–water partition coefficient (Wildman–Crippen LogP) is 0.753. The van der Waals surface area contributed by atoms with Gasteiger partial charge in [-0.1, -0.05) is 6.07 Å². The maximum atomic E-state index is 13.1. The van der Waals surface area contributed by atoms with Gasteiger partial charge in [-0.2, -0.15) is 0 Å². The predicted molar refractivity (Wildman–Crippen MR) is 106 cm³/mol. The third kappa shape index (κ3) is 3.42. The average Bonchev–Trinajstić information content (AvgIpc) is 3.07. The van der Waals surface area contributed by atoms with Crippen molar-refractivity contribution in [1.29, 1.82) is 0 Å². The van der Waals surface area contributed by atoms with Crippen molar-refractivity contribution in [2.24, 2.45) is 5.92 Å². The Kier molecular flexibility index (Phi) is 4.92. The minimum atomic E-state index is -0.609. The van der Waals surface area contributed by atoms with E-state index in [1.54, 1.807) is 22.5 Å². The van der Waals surface area contributed by atoms with Crippen LogP contribution >= 0.6 is 11.3 Å². The van der Waals surface area contributed by atoms with Gasteiger partial charge in [0.15, 0.2) is 5.13 Å². The van der Waals surface area contributed by atoms with Crippen molar-refractivity contribution in [2.75, 3.05) is 25.4 Å². The van der Waals surface area contributed by atoms with E-state index in [4.69, 9.17) is 5.73 Å². The number of nitrogens with zero attached hydrogens (tertiary/aromatic N) is 3. The molecule has 2 aliphatic rings. The summed E-state index contributed by atoms with van der Waals surface area (Å²) in [5.41, 5.74) is 7.14. The van der Waals surface area contributed by atoms with E-state index in [0.29, 0.717) is 31.2 Å². The van der Waals surface area contributed by atoms with Gasteiger partial charge in [0.2, 0.25) is 11.8 Å². The van der Waals surface area contributed by atoms with E-state index in [-0.39, 0.29) is 29.2 Å². The van der Waals surface area contributed by atoms with Crippen molar-refractivity contribution in [3.63, 3.8) is 0 Å². The normalized spacial score (nSPS) is 23.2. The van der Waals surface area contributed by atoms with E-state index < -0.39 is 6.04 Å². The summed E-state index contributed by atoms with van der Waals surface area (Å²) in [5.74, 6) is -0.183. The highest BCUT2D eigenvalue weighted by Gasteiger charge is 2.44. The summed E-state index contributed by atoms with van der Waals surface area (Å²) < 4.78 is 1.63. The molecule has 3 N–H and O–H groups in total. The molecule has 148 valence electrons. The summed E-state index contributed by atoms with van der Waals surface area (Å²) in [5, 5.41) is 5.33. The number of likely N-dealkylation sites (tertiary alicyclic amines) is 1. The number of aromatic nitrogens is 2. The van der Waals surface area contributed by atoms with Crippen LogP contribution < -0.4 is 16.6 Å². The van der Waals surface area contributed by atoms with Crippen molar-refractivity contribution >= 4 is 28.3 Å². The molecular formula is C19H23N5O3S. The molecule has 2 aliphatic heterocycles. The summed E-state index contributed by atoms with van der Waals surface area (Å²) in [4.78, 5) is 43.6. The molecule has 0 saturated carbocycles. The minimum Gasteiger partial charge on any atom is -0.375 e. The number of pyridine rings is 1. The number of rotatable bonds is 4. The molecule has 2 aromatic heterocycles. The summed E-state index contributed by atoms with van der Waals surface area (Å²) in [6, 6.07) is 4.50. The van der Waals surface area contributed by atoms with Crippen LogP contribution in [0.4, 0.5) is 5.13 Å². The first-order valence-electron chi connectivity index (χ1n) is 9.38. The number of fused-ring (bicyclic) bond motifs is 4. The second-order valence-corrected chi connectivity index (χ2v) is 8.33. The first-order valence-corrected chi connectivity index (χ1v) is 10.3. The summed E-state index contributed by atoms with van der Waals surface area (Å²) in [6.07, 6.45) is 1.38. The second-order valence-electron chi connectivity index (χ2n) is 7.44. The topological polar surface area (TPSA) is 110 Å². The number of thiazole rings is 1. The summed E-state index contributed by atoms with van der Waals surface area (Å²) in [7, 11) is 0. The molecule has 4 heterocycles. The van der Waals surface area contributed by atoms with Gasteiger partial charge in [0.05, 0.1) is 5.69 Å². The Morgan fingerprint density at radius 2 is 2.18 bits per heavy atom. The zero-order valence-electron chi connectivity index (χ0n) is 15.6. The SMILES string of the molecule is CC(=O)N1C[C@H]2C[C@@H](C1)[C@H](C(=O)NCCc1csc(N)n1)n1c2cccc1=O. The van der Waals surface area contributed by atoms with Crippen molar-refractivity contribution in [1.82, 2.24) is 19.8 Å². The Hall–Kier alpha value is -2.68. The molecule has 8 nitrogen and oxygen atoms in total. The van der Waals surface area contributed by atoms with Gasteiger partial charge in [0.1, 0.15) is 6.04 Å². The molecule has 4 rings (SSSR count). The lowest BCUT2D eigenvalue weighted by Gasteiger charge is -2.46. The number of anilines is 1. The molecule has 28 heavy (non-hydrogen) atoms. The highest BCUT2D eigenvalue weighted by atomic mass is 32.1. The maximum absolute atomic E-state index is 13.1. The quantitative estimate of drug-likeness (QED) is 0.786. The first kappa shape index (κ1) is 18.7. The van der Waals surface area contributed by atoms with Crippen molar-refractivity contribution in [3.8, 4) is 0 Å². The Bertz CT molecular complexity index is 968. The van der Waals surface area contributed by atoms with E-state index in [0.717, 1.165) is 17.8 Å². The first-order chi connectivity index (χ1) is 13.4. The van der Waals surface area contributed by atoms with Crippen molar-refractivity contribution in [2.45, 2.75) is 31.7 Å². The number of carbonyl (C=O) groups excluding carboxylic acids is 2. The molecule has 9 heteroatoms. The van der Waals surface area contributed by atoms with Crippen molar-refractivity contribution in [3.05, 3.63) is 45.3 Å². The molecule has 1 fully saturated rings. The van der Waals surface area contributed by atoms with Crippen LogP contribution in [0.1, 0.15) is 36.7 Å². The monoisotopic (exact) mass is 401 g/mol. The number of hydrogen-bond acceptors (Lipinski definition) is 6. The van der Waals surface area contributed by atoms with Crippen LogP contribution in [0.2, 0.25) is 0 Å². The Labute approximate surface area is 166 Å². The lowest BCUT2D eigenvalue weighted by Crippen LogP contribution is -2.54. The average molecular weight is 401 g/mol. The van der Waals surface area contributed by atoms with E-state index in [9.17, 15) is 14.4 Å². The Morgan fingerprint density at radius 1 is 1.36 bits per heavy atom. The van der Waals surface area contributed by atoms with Gasteiger partial charge in [-0.15, -0.1) is 11.3 Å². The van der Waals surface area contributed by atoms with Gasteiger partial charge in [-0.3, -0.25) is 19.0 Å². The highest BCUT2D eigenvalue weighted by Crippen LogP contribution is 2.41. The third-order valence-corrected chi connectivity index (χ3v) is 6.33. The van der Waals surface area contributed by atoms with Gasteiger partial charge in [0, 0.05) is 62.0 Å². The molecule has 0 unspecified atom stereocenters. The van der Waals surface area contributed by atoms with Crippen LogP contribution in [-0.2, 0) is 16.0 Å². The van der Waals surface area contributed by atoms with Gasteiger partial charge < -0.3 is 16.0 Å². The number of hydrogen-bond donors (Lipinski definition) is 2. The van der Waals surface area contributed by atoms with E-state index in [1.807, 2.05) is 11.4 Å². The number of carbonyl (C=O) groups is 2. The molecule has 0 spiro atoms. The van der Waals surface area contributed by atoms with Gasteiger partial charge in [-0.25, -0.2) is 4.98 Å². The maximum Gasteiger partial charge on any atom is 0.251 e. The molecule has 2 aromatic rings. The fourth-order valence-corrected chi connectivity index (χ4v) is 4.98. The van der Waals surface area contributed by atoms with Crippen LogP contribution in [0.25, 0.3) is 0 Å². The largest absolute Gasteiger partial charge is 0.375 e. The lowest BCUT2D eigenvalue weighted by atomic mass is 9.78.